The molecule has 0 aliphatic rings. The molecule has 0 unspecified atom stereocenters. The van der Waals surface area contributed by atoms with Crippen LogP contribution in [0, 0.1) is 0 Å². The molecule has 0 bridgehead atoms. The molecular formula is C19H22N4O2. The van der Waals surface area contributed by atoms with Gasteiger partial charge in [-0.2, -0.15) is 5.10 Å². The predicted octanol–water partition coefficient (Wildman–Crippen LogP) is 2.81. The normalized spacial score (nSPS) is 11.0. The average molecular weight is 338 g/mol. The van der Waals surface area contributed by atoms with Gasteiger partial charge >= 0.3 is 0 Å². The number of nitrogens with one attached hydrogen (secondary N) is 1. The van der Waals surface area contributed by atoms with E-state index >= 15 is 0 Å². The van der Waals surface area contributed by atoms with Gasteiger partial charge in [-0.1, -0.05) is 18.2 Å². The molecule has 2 heterocycles. The number of nitrogens with zero attached hydrogens (tertiary/aromatic N) is 3. The highest BCUT2D eigenvalue weighted by atomic mass is 16.3. The van der Waals surface area contributed by atoms with Crippen molar-refractivity contribution in [3.8, 4) is 17.1 Å². The third-order valence-corrected chi connectivity index (χ3v) is 3.78. The zero-order chi connectivity index (χ0) is 17.6. The molecule has 1 amide bonds. The SMILES string of the molecule is CN(C)CCCNC(=O)c1cc(-c2ccco2)nn1-c1ccccc1. The van der Waals surface area contributed by atoms with Crippen molar-refractivity contribution in [1.82, 2.24) is 20.0 Å². The van der Waals surface area contributed by atoms with Crippen molar-refractivity contribution in [2.45, 2.75) is 6.42 Å². The fourth-order valence-electron chi connectivity index (χ4n) is 2.54. The lowest BCUT2D eigenvalue weighted by molar-refractivity contribution is 0.0944. The summed E-state index contributed by atoms with van der Waals surface area (Å²) >= 11 is 0. The van der Waals surface area contributed by atoms with Gasteiger partial charge in [0.2, 0.25) is 0 Å². The molecule has 25 heavy (non-hydrogen) atoms. The standard InChI is InChI=1S/C19H22N4O2/c1-22(2)12-7-11-20-19(24)17-14-16(18-10-6-13-25-18)21-23(17)15-8-4-3-5-9-15/h3-6,8-10,13-14H,7,11-12H2,1-2H3,(H,20,24). The van der Waals surface area contributed by atoms with E-state index in [4.69, 9.17) is 4.42 Å². The van der Waals surface area contributed by atoms with E-state index in [2.05, 4.69) is 15.3 Å². The minimum absolute atomic E-state index is 0.145. The molecule has 1 aromatic carbocycles. The van der Waals surface area contributed by atoms with Crippen molar-refractivity contribution in [3.63, 3.8) is 0 Å². The van der Waals surface area contributed by atoms with Gasteiger partial charge in [0.15, 0.2) is 5.76 Å². The molecule has 0 saturated heterocycles. The van der Waals surface area contributed by atoms with Crippen LogP contribution in [-0.2, 0) is 0 Å². The van der Waals surface area contributed by atoms with Gasteiger partial charge in [0.1, 0.15) is 11.4 Å². The van der Waals surface area contributed by atoms with E-state index in [1.807, 2.05) is 50.5 Å². The van der Waals surface area contributed by atoms with Crippen molar-refractivity contribution in [2.75, 3.05) is 27.2 Å². The molecular weight excluding hydrogens is 316 g/mol. The maximum Gasteiger partial charge on any atom is 0.270 e. The summed E-state index contributed by atoms with van der Waals surface area (Å²) in [6, 6.07) is 15.0. The molecule has 2 aromatic heterocycles. The number of hydrogen-bond acceptors (Lipinski definition) is 4. The van der Waals surface area contributed by atoms with Gasteiger partial charge in [-0.25, -0.2) is 4.68 Å². The largest absolute Gasteiger partial charge is 0.463 e. The van der Waals surface area contributed by atoms with Crippen LogP contribution in [0.1, 0.15) is 16.9 Å². The highest BCUT2D eigenvalue weighted by molar-refractivity contribution is 5.94. The Kier molecular flexibility index (Phi) is 5.30. The van der Waals surface area contributed by atoms with Crippen LogP contribution in [0.15, 0.2) is 59.2 Å². The molecule has 0 fully saturated rings. The van der Waals surface area contributed by atoms with Crippen molar-refractivity contribution >= 4 is 5.91 Å². The van der Waals surface area contributed by atoms with Crippen LogP contribution in [0.4, 0.5) is 0 Å². The van der Waals surface area contributed by atoms with Crippen LogP contribution in [0.5, 0.6) is 0 Å². The summed E-state index contributed by atoms with van der Waals surface area (Å²) in [6.45, 7) is 1.54. The first-order valence-corrected chi connectivity index (χ1v) is 8.27. The molecule has 3 rings (SSSR count). The Labute approximate surface area is 147 Å². The molecule has 6 nitrogen and oxygen atoms in total. The van der Waals surface area contributed by atoms with E-state index in [0.29, 0.717) is 23.7 Å². The summed E-state index contributed by atoms with van der Waals surface area (Å²) in [5.41, 5.74) is 1.95. The first kappa shape index (κ1) is 17.0. The fraction of sp³-hybridized carbons (Fsp3) is 0.263. The van der Waals surface area contributed by atoms with E-state index in [0.717, 1.165) is 18.7 Å². The van der Waals surface area contributed by atoms with Gasteiger partial charge in [-0.3, -0.25) is 4.79 Å². The number of hydrogen-bond donors (Lipinski definition) is 1. The Bertz CT molecular complexity index is 807. The van der Waals surface area contributed by atoms with Crippen LogP contribution in [0.25, 0.3) is 17.1 Å². The molecule has 6 heteroatoms. The summed E-state index contributed by atoms with van der Waals surface area (Å²) in [7, 11) is 4.03. The van der Waals surface area contributed by atoms with Crippen LogP contribution >= 0.6 is 0 Å². The maximum absolute atomic E-state index is 12.7. The van der Waals surface area contributed by atoms with Crippen molar-refractivity contribution in [3.05, 3.63) is 60.5 Å². The molecule has 0 aliphatic carbocycles. The number of furan rings is 1. The van der Waals surface area contributed by atoms with Gasteiger partial charge in [0, 0.05) is 12.6 Å². The van der Waals surface area contributed by atoms with Crippen LogP contribution < -0.4 is 5.32 Å². The lowest BCUT2D eigenvalue weighted by Crippen LogP contribution is -2.28. The van der Waals surface area contributed by atoms with Gasteiger partial charge < -0.3 is 14.6 Å². The molecule has 1 N–H and O–H groups in total. The number of carbonyl (C=O) groups is 1. The number of para-hydroxylation sites is 1. The van der Waals surface area contributed by atoms with E-state index in [-0.39, 0.29) is 5.91 Å². The van der Waals surface area contributed by atoms with Gasteiger partial charge in [-0.05, 0) is 51.3 Å². The third kappa shape index (κ3) is 4.16. The third-order valence-electron chi connectivity index (χ3n) is 3.78. The summed E-state index contributed by atoms with van der Waals surface area (Å²) in [4.78, 5) is 14.7. The number of benzene rings is 1. The second kappa shape index (κ2) is 7.81. The Hall–Kier alpha value is -2.86. The Morgan fingerprint density at radius 1 is 1.20 bits per heavy atom. The number of aromatic nitrogens is 2. The minimum Gasteiger partial charge on any atom is -0.463 e. The Morgan fingerprint density at radius 3 is 2.68 bits per heavy atom. The second-order valence-electron chi connectivity index (χ2n) is 6.05. The molecule has 0 radical (unpaired) electrons. The van der Waals surface area contributed by atoms with Crippen LogP contribution in [0.3, 0.4) is 0 Å². The topological polar surface area (TPSA) is 63.3 Å². The summed E-state index contributed by atoms with van der Waals surface area (Å²) in [5.74, 6) is 0.490. The first-order chi connectivity index (χ1) is 12.1. The summed E-state index contributed by atoms with van der Waals surface area (Å²) < 4.78 is 7.07. The molecule has 0 spiro atoms. The summed E-state index contributed by atoms with van der Waals surface area (Å²) in [5, 5.41) is 7.52. The second-order valence-corrected chi connectivity index (χ2v) is 6.05. The summed E-state index contributed by atoms with van der Waals surface area (Å²) in [6.07, 6.45) is 2.49. The Morgan fingerprint density at radius 2 is 2.00 bits per heavy atom. The van der Waals surface area contributed by atoms with Gasteiger partial charge in [0.05, 0.1) is 12.0 Å². The smallest absolute Gasteiger partial charge is 0.270 e. The van der Waals surface area contributed by atoms with E-state index in [9.17, 15) is 4.79 Å². The molecule has 0 atom stereocenters. The minimum atomic E-state index is -0.145. The van der Waals surface area contributed by atoms with Crippen LogP contribution in [-0.4, -0.2) is 47.8 Å². The molecule has 3 aromatic rings. The van der Waals surface area contributed by atoms with Gasteiger partial charge in [0.25, 0.3) is 5.91 Å². The highest BCUT2D eigenvalue weighted by Gasteiger charge is 2.18. The van der Waals surface area contributed by atoms with Crippen molar-refractivity contribution in [1.29, 1.82) is 0 Å². The molecule has 0 saturated carbocycles. The number of carbonyl (C=O) groups excluding carboxylic acids is 1. The van der Waals surface area contributed by atoms with E-state index in [1.54, 1.807) is 23.1 Å². The molecule has 130 valence electrons. The lowest BCUT2D eigenvalue weighted by Gasteiger charge is -2.10. The average Bonchev–Trinajstić information content (AvgIpc) is 3.28. The lowest BCUT2D eigenvalue weighted by atomic mass is 10.2. The van der Waals surface area contributed by atoms with E-state index < -0.39 is 0 Å². The van der Waals surface area contributed by atoms with Crippen molar-refractivity contribution < 1.29 is 9.21 Å². The van der Waals surface area contributed by atoms with E-state index in [1.165, 1.54) is 0 Å². The van der Waals surface area contributed by atoms with Crippen molar-refractivity contribution in [2.24, 2.45) is 0 Å². The monoisotopic (exact) mass is 338 g/mol. The highest BCUT2D eigenvalue weighted by Crippen LogP contribution is 2.22. The first-order valence-electron chi connectivity index (χ1n) is 8.27. The Balaban J connectivity index is 1.85. The zero-order valence-electron chi connectivity index (χ0n) is 14.5. The quantitative estimate of drug-likeness (QED) is 0.673. The number of rotatable bonds is 7. The van der Waals surface area contributed by atoms with Gasteiger partial charge in [-0.15, -0.1) is 0 Å². The predicted molar refractivity (Wildman–Crippen MR) is 96.8 cm³/mol. The fourth-order valence-corrected chi connectivity index (χ4v) is 2.54. The van der Waals surface area contributed by atoms with Crippen LogP contribution in [0.2, 0.25) is 0 Å². The zero-order valence-corrected chi connectivity index (χ0v) is 14.5. The number of amides is 1. The molecule has 0 aliphatic heterocycles. The maximum atomic E-state index is 12.7.